The normalized spacial score (nSPS) is 14.1. The number of rotatable bonds is 4. The van der Waals surface area contributed by atoms with Crippen LogP contribution in [0.25, 0.3) is 0 Å². The smallest absolute Gasteiger partial charge is 0.251 e. The zero-order valence-electron chi connectivity index (χ0n) is 13.7. The summed E-state index contributed by atoms with van der Waals surface area (Å²) >= 11 is 0. The Kier molecular flexibility index (Phi) is 4.55. The molecule has 0 radical (unpaired) electrons. The molecule has 0 unspecified atom stereocenters. The first-order valence-corrected chi connectivity index (χ1v) is 8.06. The quantitative estimate of drug-likeness (QED) is 0.943. The van der Waals surface area contributed by atoms with E-state index in [9.17, 15) is 4.79 Å². The van der Waals surface area contributed by atoms with Crippen molar-refractivity contribution in [1.29, 1.82) is 0 Å². The lowest BCUT2D eigenvalue weighted by Crippen LogP contribution is -2.25. The molecule has 3 rings (SSSR count). The van der Waals surface area contributed by atoms with Crippen LogP contribution in [0.15, 0.2) is 30.5 Å². The molecule has 1 saturated heterocycles. The number of carbonyl (C=O) groups excluding carboxylic acids is 1. The molecule has 1 aromatic carbocycles. The van der Waals surface area contributed by atoms with E-state index in [2.05, 4.69) is 20.2 Å². The maximum absolute atomic E-state index is 12.4. The molecular weight excluding hydrogens is 288 g/mol. The van der Waals surface area contributed by atoms with Crippen molar-refractivity contribution in [3.63, 3.8) is 0 Å². The zero-order valence-corrected chi connectivity index (χ0v) is 13.7. The molecule has 0 bridgehead atoms. The second kappa shape index (κ2) is 6.77. The highest BCUT2D eigenvalue weighted by Gasteiger charge is 2.15. The molecule has 5 heteroatoms. The lowest BCUT2D eigenvalue weighted by molar-refractivity contribution is 0.0949. The third-order valence-electron chi connectivity index (χ3n) is 4.16. The molecule has 23 heavy (non-hydrogen) atoms. The van der Waals surface area contributed by atoms with Crippen LogP contribution in [0.5, 0.6) is 0 Å². The van der Waals surface area contributed by atoms with Crippen molar-refractivity contribution < 1.29 is 4.79 Å². The predicted octanol–water partition coefficient (Wildman–Crippen LogP) is 2.62. The van der Waals surface area contributed by atoms with Gasteiger partial charge in [-0.2, -0.15) is 0 Å². The van der Waals surface area contributed by atoms with Gasteiger partial charge in [-0.25, -0.2) is 9.97 Å². The summed E-state index contributed by atoms with van der Waals surface area (Å²) in [4.78, 5) is 23.5. The van der Waals surface area contributed by atoms with Gasteiger partial charge in [0.05, 0.1) is 12.2 Å². The van der Waals surface area contributed by atoms with E-state index in [4.69, 9.17) is 0 Å². The fourth-order valence-electron chi connectivity index (χ4n) is 2.80. The Morgan fingerprint density at radius 1 is 1.22 bits per heavy atom. The van der Waals surface area contributed by atoms with E-state index < -0.39 is 0 Å². The molecular formula is C18H22N4O. The standard InChI is InChI=1S/C18H22N4O/c1-13-5-6-14(2)16(11-13)17(23)20-12-15-7-8-19-18(21-15)22-9-3-4-10-22/h5-8,11H,3-4,9-10,12H2,1-2H3,(H,20,23). The predicted molar refractivity (Wildman–Crippen MR) is 90.6 cm³/mol. The molecule has 0 spiro atoms. The first-order valence-electron chi connectivity index (χ1n) is 8.06. The second-order valence-corrected chi connectivity index (χ2v) is 6.04. The monoisotopic (exact) mass is 310 g/mol. The van der Waals surface area contributed by atoms with Gasteiger partial charge < -0.3 is 10.2 Å². The summed E-state index contributed by atoms with van der Waals surface area (Å²) in [5.74, 6) is 0.702. The van der Waals surface area contributed by atoms with Crippen LogP contribution in [0.4, 0.5) is 5.95 Å². The summed E-state index contributed by atoms with van der Waals surface area (Å²) in [6, 6.07) is 7.75. The van der Waals surface area contributed by atoms with Crippen LogP contribution in [0.3, 0.4) is 0 Å². The minimum atomic E-state index is -0.0625. The average Bonchev–Trinajstić information content (AvgIpc) is 3.10. The number of aromatic nitrogens is 2. The van der Waals surface area contributed by atoms with Crippen molar-refractivity contribution in [1.82, 2.24) is 15.3 Å². The molecule has 0 aliphatic carbocycles. The molecule has 120 valence electrons. The molecule has 1 N–H and O–H groups in total. The van der Waals surface area contributed by atoms with Crippen molar-refractivity contribution in [2.45, 2.75) is 33.2 Å². The SMILES string of the molecule is Cc1ccc(C)c(C(=O)NCc2ccnc(N3CCCC3)n2)c1. The van der Waals surface area contributed by atoms with E-state index in [0.29, 0.717) is 6.54 Å². The number of benzene rings is 1. The molecule has 1 fully saturated rings. The molecule has 1 aromatic heterocycles. The molecule has 2 aromatic rings. The number of aryl methyl sites for hydroxylation is 2. The van der Waals surface area contributed by atoms with Crippen molar-refractivity contribution in [2.24, 2.45) is 0 Å². The molecule has 2 heterocycles. The van der Waals surface area contributed by atoms with E-state index in [1.165, 1.54) is 12.8 Å². The highest BCUT2D eigenvalue weighted by Crippen LogP contribution is 2.15. The Bertz CT molecular complexity index is 708. The molecule has 0 atom stereocenters. The molecule has 0 saturated carbocycles. The maximum atomic E-state index is 12.4. The van der Waals surface area contributed by atoms with E-state index in [-0.39, 0.29) is 5.91 Å². The average molecular weight is 310 g/mol. The number of hydrogen-bond donors (Lipinski definition) is 1. The van der Waals surface area contributed by atoms with Crippen LogP contribution in [-0.2, 0) is 6.54 Å². The summed E-state index contributed by atoms with van der Waals surface area (Å²) in [6.07, 6.45) is 4.15. The van der Waals surface area contributed by atoms with E-state index in [1.54, 1.807) is 6.20 Å². The molecule has 1 aliphatic heterocycles. The zero-order chi connectivity index (χ0) is 16.2. The van der Waals surface area contributed by atoms with Gasteiger partial charge in [-0.05, 0) is 44.4 Å². The third kappa shape index (κ3) is 3.67. The fraction of sp³-hybridized carbons (Fsp3) is 0.389. The third-order valence-corrected chi connectivity index (χ3v) is 4.16. The van der Waals surface area contributed by atoms with Gasteiger partial charge in [-0.15, -0.1) is 0 Å². The highest BCUT2D eigenvalue weighted by molar-refractivity contribution is 5.95. The molecule has 5 nitrogen and oxygen atoms in total. The van der Waals surface area contributed by atoms with Crippen LogP contribution < -0.4 is 10.2 Å². The molecule has 1 amide bonds. The van der Waals surface area contributed by atoms with Crippen LogP contribution in [0, 0.1) is 13.8 Å². The van der Waals surface area contributed by atoms with Crippen molar-refractivity contribution in [3.05, 3.63) is 52.8 Å². The van der Waals surface area contributed by atoms with Crippen LogP contribution in [-0.4, -0.2) is 29.0 Å². The molecule has 1 aliphatic rings. The number of hydrogen-bond acceptors (Lipinski definition) is 4. The Morgan fingerprint density at radius 2 is 2.00 bits per heavy atom. The highest BCUT2D eigenvalue weighted by atomic mass is 16.1. The fourth-order valence-corrected chi connectivity index (χ4v) is 2.80. The number of nitrogens with one attached hydrogen (secondary N) is 1. The number of amides is 1. The summed E-state index contributed by atoms with van der Waals surface area (Å²) in [7, 11) is 0. The lowest BCUT2D eigenvalue weighted by atomic mass is 10.1. The minimum absolute atomic E-state index is 0.0625. The van der Waals surface area contributed by atoms with Crippen LogP contribution >= 0.6 is 0 Å². The first kappa shape index (κ1) is 15.5. The first-order chi connectivity index (χ1) is 11.1. The van der Waals surface area contributed by atoms with E-state index >= 15 is 0 Å². The lowest BCUT2D eigenvalue weighted by Gasteiger charge is -2.15. The minimum Gasteiger partial charge on any atom is -0.346 e. The van der Waals surface area contributed by atoms with Crippen molar-refractivity contribution in [3.8, 4) is 0 Å². The topological polar surface area (TPSA) is 58.1 Å². The van der Waals surface area contributed by atoms with Gasteiger partial charge in [-0.1, -0.05) is 17.7 Å². The summed E-state index contributed by atoms with van der Waals surface area (Å²) in [5.41, 5.74) is 3.62. The van der Waals surface area contributed by atoms with Gasteiger partial charge in [-0.3, -0.25) is 4.79 Å². The van der Waals surface area contributed by atoms with Gasteiger partial charge in [0.2, 0.25) is 5.95 Å². The van der Waals surface area contributed by atoms with E-state index in [0.717, 1.165) is 41.4 Å². The summed E-state index contributed by atoms with van der Waals surface area (Å²) < 4.78 is 0. The number of carbonyl (C=O) groups is 1. The Hall–Kier alpha value is -2.43. The Morgan fingerprint density at radius 3 is 2.78 bits per heavy atom. The largest absolute Gasteiger partial charge is 0.346 e. The van der Waals surface area contributed by atoms with Gasteiger partial charge in [0, 0.05) is 24.8 Å². The summed E-state index contributed by atoms with van der Waals surface area (Å²) in [6.45, 7) is 6.37. The number of nitrogens with zero attached hydrogens (tertiary/aromatic N) is 3. The van der Waals surface area contributed by atoms with Crippen molar-refractivity contribution in [2.75, 3.05) is 18.0 Å². The van der Waals surface area contributed by atoms with Crippen LogP contribution in [0.1, 0.15) is 40.0 Å². The van der Waals surface area contributed by atoms with Gasteiger partial charge in [0.1, 0.15) is 0 Å². The Labute approximate surface area is 136 Å². The second-order valence-electron chi connectivity index (χ2n) is 6.04. The van der Waals surface area contributed by atoms with Gasteiger partial charge in [0.15, 0.2) is 0 Å². The maximum Gasteiger partial charge on any atom is 0.251 e. The number of anilines is 1. The van der Waals surface area contributed by atoms with Crippen LogP contribution in [0.2, 0.25) is 0 Å². The van der Waals surface area contributed by atoms with Gasteiger partial charge >= 0.3 is 0 Å². The van der Waals surface area contributed by atoms with Gasteiger partial charge in [0.25, 0.3) is 5.91 Å². The Balaban J connectivity index is 1.67. The summed E-state index contributed by atoms with van der Waals surface area (Å²) in [5, 5.41) is 2.95. The van der Waals surface area contributed by atoms with E-state index in [1.807, 2.05) is 38.1 Å². The van der Waals surface area contributed by atoms with Crippen molar-refractivity contribution >= 4 is 11.9 Å².